The van der Waals surface area contributed by atoms with Crippen molar-refractivity contribution in [1.82, 2.24) is 0 Å². The van der Waals surface area contributed by atoms with Crippen LogP contribution in [0, 0.1) is 5.92 Å². The third kappa shape index (κ3) is 5.17. The molecule has 0 radical (unpaired) electrons. The monoisotopic (exact) mass is 256 g/mol. The molecule has 0 aromatic rings. The molecule has 0 saturated carbocycles. The van der Waals surface area contributed by atoms with Crippen LogP contribution in [-0.2, 0) is 0 Å². The molecule has 0 bridgehead atoms. The fourth-order valence-electron chi connectivity index (χ4n) is 2.34. The van der Waals surface area contributed by atoms with Crippen LogP contribution in [0.25, 0.3) is 0 Å². The highest BCUT2D eigenvalue weighted by Crippen LogP contribution is 2.35. The summed E-state index contributed by atoms with van der Waals surface area (Å²) < 4.78 is 0. The normalized spacial score (nSPS) is 20.3. The molecule has 1 atom stereocenters. The number of allylic oxidation sites excluding steroid dienone is 5. The molecule has 3 heteroatoms. The van der Waals surface area contributed by atoms with E-state index in [0.717, 1.165) is 13.5 Å². The third-order valence-corrected chi connectivity index (χ3v) is 3.01. The maximum Gasteiger partial charge on any atom is 0.0645 e. The van der Waals surface area contributed by atoms with E-state index in [1.807, 2.05) is 13.8 Å². The van der Waals surface area contributed by atoms with E-state index >= 15 is 0 Å². The summed E-state index contributed by atoms with van der Waals surface area (Å²) in [6, 6.07) is 0. The molecule has 0 aromatic carbocycles. The van der Waals surface area contributed by atoms with Crippen molar-refractivity contribution < 1.29 is 15.7 Å². The summed E-state index contributed by atoms with van der Waals surface area (Å²) in [6.07, 6.45) is 10.2. The molecule has 2 rings (SSSR count). The van der Waals surface area contributed by atoms with Gasteiger partial charge in [0.15, 0.2) is 0 Å². The number of aliphatic hydroxyl groups is 2. The second-order valence-electron chi connectivity index (χ2n) is 3.98. The van der Waals surface area contributed by atoms with Gasteiger partial charge in [0.05, 0.1) is 6.61 Å². The SMILES string of the molecule is CC.CC1=C2C=CCCC2CC(CO)=C1.CO.O. The molecule has 2 aliphatic rings. The van der Waals surface area contributed by atoms with E-state index in [2.05, 4.69) is 25.2 Å². The largest absolute Gasteiger partial charge is 0.412 e. The first kappa shape index (κ1) is 19.4. The fourth-order valence-corrected chi connectivity index (χ4v) is 2.34. The zero-order valence-electron chi connectivity index (χ0n) is 12.0. The summed E-state index contributed by atoms with van der Waals surface area (Å²) in [4.78, 5) is 0. The summed E-state index contributed by atoms with van der Waals surface area (Å²) in [5.41, 5.74) is 4.03. The van der Waals surface area contributed by atoms with Gasteiger partial charge in [-0.2, -0.15) is 0 Å². The number of fused-ring (bicyclic) bond motifs is 1. The van der Waals surface area contributed by atoms with Crippen molar-refractivity contribution in [2.45, 2.75) is 40.0 Å². The summed E-state index contributed by atoms with van der Waals surface area (Å²) in [5, 5.41) is 16.1. The molecule has 2 aliphatic carbocycles. The Bertz CT molecular complexity index is 301. The van der Waals surface area contributed by atoms with E-state index < -0.39 is 0 Å². The average Bonchev–Trinajstić information content (AvgIpc) is 2.43. The number of rotatable bonds is 1. The van der Waals surface area contributed by atoms with Crippen LogP contribution in [0.15, 0.2) is 34.9 Å². The number of hydrogen-bond donors (Lipinski definition) is 2. The zero-order chi connectivity index (χ0) is 13.3. The summed E-state index contributed by atoms with van der Waals surface area (Å²) in [7, 11) is 1.00. The summed E-state index contributed by atoms with van der Waals surface area (Å²) in [6.45, 7) is 6.37. The van der Waals surface area contributed by atoms with Crippen LogP contribution in [0.2, 0.25) is 0 Å². The highest BCUT2D eigenvalue weighted by atomic mass is 16.3. The Morgan fingerprint density at radius 2 is 1.89 bits per heavy atom. The molecule has 0 heterocycles. The Hall–Kier alpha value is -0.900. The Morgan fingerprint density at radius 1 is 1.28 bits per heavy atom. The van der Waals surface area contributed by atoms with Crippen molar-refractivity contribution in [3.8, 4) is 0 Å². The first-order chi connectivity index (χ1) is 8.31. The van der Waals surface area contributed by atoms with Crippen molar-refractivity contribution in [3.63, 3.8) is 0 Å². The molecule has 0 saturated heterocycles. The van der Waals surface area contributed by atoms with Gasteiger partial charge in [0, 0.05) is 7.11 Å². The van der Waals surface area contributed by atoms with Crippen LogP contribution < -0.4 is 0 Å². The van der Waals surface area contributed by atoms with Gasteiger partial charge in [-0.15, -0.1) is 0 Å². The molecule has 0 spiro atoms. The number of aliphatic hydroxyl groups excluding tert-OH is 2. The minimum atomic E-state index is 0. The van der Waals surface area contributed by atoms with Gasteiger partial charge in [0.1, 0.15) is 0 Å². The smallest absolute Gasteiger partial charge is 0.0645 e. The van der Waals surface area contributed by atoms with Crippen LogP contribution >= 0.6 is 0 Å². The highest BCUT2D eigenvalue weighted by Gasteiger charge is 2.21. The van der Waals surface area contributed by atoms with Gasteiger partial charge in [0.2, 0.25) is 0 Å². The van der Waals surface area contributed by atoms with Crippen LogP contribution in [0.4, 0.5) is 0 Å². The lowest BCUT2D eigenvalue weighted by Gasteiger charge is -2.27. The predicted octanol–water partition coefficient (Wildman–Crippen LogP) is 2.40. The van der Waals surface area contributed by atoms with Crippen LogP contribution in [0.3, 0.4) is 0 Å². The molecule has 3 nitrogen and oxygen atoms in total. The van der Waals surface area contributed by atoms with Gasteiger partial charge in [-0.25, -0.2) is 0 Å². The van der Waals surface area contributed by atoms with Crippen molar-refractivity contribution >= 4 is 0 Å². The van der Waals surface area contributed by atoms with E-state index in [1.54, 1.807) is 0 Å². The topological polar surface area (TPSA) is 72.0 Å². The van der Waals surface area contributed by atoms with Crippen molar-refractivity contribution in [3.05, 3.63) is 34.9 Å². The minimum absolute atomic E-state index is 0. The Kier molecular flexibility index (Phi) is 12.1. The molecule has 0 aliphatic heterocycles. The fraction of sp³-hybridized carbons (Fsp3) is 0.600. The second-order valence-corrected chi connectivity index (χ2v) is 3.98. The molecule has 106 valence electrons. The molecular formula is C15H28O3. The molecule has 18 heavy (non-hydrogen) atoms. The first-order valence-electron chi connectivity index (χ1n) is 6.43. The quantitative estimate of drug-likeness (QED) is 0.756. The molecular weight excluding hydrogens is 228 g/mol. The zero-order valence-corrected chi connectivity index (χ0v) is 12.0. The third-order valence-electron chi connectivity index (χ3n) is 3.01. The maximum atomic E-state index is 9.09. The van der Waals surface area contributed by atoms with E-state index in [1.165, 1.54) is 29.6 Å². The first-order valence-corrected chi connectivity index (χ1v) is 6.43. The molecule has 0 fully saturated rings. The maximum absolute atomic E-state index is 9.09. The standard InChI is InChI=1S/C12H16O.C2H6.CH4O.H2O/c1-9-6-10(8-13)7-11-4-2-3-5-12(9)11;2*1-2;/h3,5-6,11,13H,2,4,7-8H2,1H3;1-2H3;2H,1H3;1H2. The molecule has 0 aromatic heterocycles. The number of hydrogen-bond acceptors (Lipinski definition) is 2. The van der Waals surface area contributed by atoms with Crippen LogP contribution in [-0.4, -0.2) is 29.4 Å². The van der Waals surface area contributed by atoms with Crippen LogP contribution in [0.1, 0.15) is 40.0 Å². The summed E-state index contributed by atoms with van der Waals surface area (Å²) >= 11 is 0. The van der Waals surface area contributed by atoms with Gasteiger partial charge in [0.25, 0.3) is 0 Å². The van der Waals surface area contributed by atoms with Gasteiger partial charge < -0.3 is 15.7 Å². The molecule has 1 unspecified atom stereocenters. The van der Waals surface area contributed by atoms with Gasteiger partial charge in [-0.3, -0.25) is 0 Å². The van der Waals surface area contributed by atoms with Gasteiger partial charge in [-0.05, 0) is 48.8 Å². The van der Waals surface area contributed by atoms with Crippen molar-refractivity contribution in [2.24, 2.45) is 5.92 Å². The Labute approximate surface area is 111 Å². The lowest BCUT2D eigenvalue weighted by molar-refractivity contribution is 0.319. The van der Waals surface area contributed by atoms with Gasteiger partial charge >= 0.3 is 0 Å². The lowest BCUT2D eigenvalue weighted by atomic mass is 9.78. The van der Waals surface area contributed by atoms with E-state index in [-0.39, 0.29) is 12.1 Å². The average molecular weight is 256 g/mol. The predicted molar refractivity (Wildman–Crippen MR) is 77.5 cm³/mol. The molecule has 0 amide bonds. The van der Waals surface area contributed by atoms with Gasteiger partial charge in [-0.1, -0.05) is 32.1 Å². The lowest BCUT2D eigenvalue weighted by Crippen LogP contribution is -2.14. The van der Waals surface area contributed by atoms with E-state index in [0.29, 0.717) is 5.92 Å². The highest BCUT2D eigenvalue weighted by molar-refractivity contribution is 5.41. The van der Waals surface area contributed by atoms with Crippen LogP contribution in [0.5, 0.6) is 0 Å². The summed E-state index contributed by atoms with van der Waals surface area (Å²) in [5.74, 6) is 0.678. The van der Waals surface area contributed by atoms with E-state index in [9.17, 15) is 0 Å². The minimum Gasteiger partial charge on any atom is -0.412 e. The van der Waals surface area contributed by atoms with E-state index in [4.69, 9.17) is 10.2 Å². The Morgan fingerprint density at radius 3 is 2.44 bits per heavy atom. The Balaban J connectivity index is 0. The molecule has 4 N–H and O–H groups in total. The van der Waals surface area contributed by atoms with Crippen molar-refractivity contribution in [1.29, 1.82) is 0 Å². The second kappa shape index (κ2) is 11.2. The van der Waals surface area contributed by atoms with Crippen molar-refractivity contribution in [2.75, 3.05) is 13.7 Å².